The minimum absolute atomic E-state index is 0.142. The maximum atomic E-state index is 6.10. The quantitative estimate of drug-likeness (QED) is 0.881. The first kappa shape index (κ1) is 14.5. The fourth-order valence-corrected chi connectivity index (χ4v) is 3.02. The Balaban J connectivity index is 1.98. The number of nitrogens with zero attached hydrogens (tertiary/aromatic N) is 1. The molecule has 0 radical (unpaired) electrons. The molecule has 2 heteroatoms. The zero-order valence-electron chi connectivity index (χ0n) is 12.7. The molecular weight excluding hydrogens is 232 g/mol. The van der Waals surface area contributed by atoms with Gasteiger partial charge in [0.25, 0.3) is 0 Å². The van der Waals surface area contributed by atoms with Crippen molar-refractivity contribution in [3.05, 3.63) is 35.9 Å². The molecule has 0 spiro atoms. The lowest BCUT2D eigenvalue weighted by Crippen LogP contribution is -2.51. The summed E-state index contributed by atoms with van der Waals surface area (Å²) in [6.45, 7) is 10.2. The van der Waals surface area contributed by atoms with Crippen LogP contribution in [0, 0.1) is 5.41 Å². The molecule has 1 heterocycles. The van der Waals surface area contributed by atoms with E-state index in [0.29, 0.717) is 5.41 Å². The summed E-state index contributed by atoms with van der Waals surface area (Å²) in [6, 6.07) is 10.7. The van der Waals surface area contributed by atoms with Crippen molar-refractivity contribution in [3.8, 4) is 0 Å². The number of hydrogen-bond donors (Lipinski definition) is 1. The molecule has 2 nitrogen and oxygen atoms in total. The van der Waals surface area contributed by atoms with Crippen molar-refractivity contribution in [1.82, 2.24) is 4.90 Å². The number of nitrogens with two attached hydrogens (primary N) is 1. The Morgan fingerprint density at radius 2 is 1.95 bits per heavy atom. The van der Waals surface area contributed by atoms with Crippen molar-refractivity contribution in [2.45, 2.75) is 45.6 Å². The zero-order chi connectivity index (χ0) is 13.9. The van der Waals surface area contributed by atoms with Gasteiger partial charge in [-0.2, -0.15) is 0 Å². The van der Waals surface area contributed by atoms with E-state index in [0.717, 1.165) is 19.4 Å². The van der Waals surface area contributed by atoms with Crippen LogP contribution in [0.5, 0.6) is 0 Å². The van der Waals surface area contributed by atoms with Crippen LogP contribution in [0.15, 0.2) is 30.3 Å². The molecule has 0 aliphatic carbocycles. The van der Waals surface area contributed by atoms with Crippen LogP contribution in [-0.4, -0.2) is 30.1 Å². The second kappa shape index (κ2) is 5.64. The average molecular weight is 260 g/mol. The summed E-state index contributed by atoms with van der Waals surface area (Å²) in [4.78, 5) is 2.61. The molecule has 106 valence electrons. The predicted octanol–water partition coefficient (Wildman–Crippen LogP) is 3.07. The minimum atomic E-state index is 0.142. The summed E-state index contributed by atoms with van der Waals surface area (Å²) in [7, 11) is 0. The fraction of sp³-hybridized carbons (Fsp3) is 0.647. The van der Waals surface area contributed by atoms with E-state index in [2.05, 4.69) is 56.0 Å². The van der Waals surface area contributed by atoms with Crippen LogP contribution in [0.1, 0.15) is 39.2 Å². The molecule has 1 aliphatic rings. The molecule has 1 unspecified atom stereocenters. The maximum absolute atomic E-state index is 6.10. The first-order valence-electron chi connectivity index (χ1n) is 7.44. The van der Waals surface area contributed by atoms with E-state index in [-0.39, 0.29) is 5.54 Å². The van der Waals surface area contributed by atoms with Gasteiger partial charge in [-0.1, -0.05) is 44.2 Å². The second-order valence-corrected chi connectivity index (χ2v) is 7.02. The van der Waals surface area contributed by atoms with E-state index < -0.39 is 0 Å². The fourth-order valence-electron chi connectivity index (χ4n) is 3.02. The van der Waals surface area contributed by atoms with Crippen LogP contribution in [0.2, 0.25) is 0 Å². The van der Waals surface area contributed by atoms with E-state index in [9.17, 15) is 0 Å². The van der Waals surface area contributed by atoms with Gasteiger partial charge in [-0.25, -0.2) is 0 Å². The third-order valence-corrected chi connectivity index (χ3v) is 4.68. The van der Waals surface area contributed by atoms with Crippen LogP contribution in [0.4, 0.5) is 0 Å². The van der Waals surface area contributed by atoms with Gasteiger partial charge in [-0.3, -0.25) is 4.90 Å². The highest BCUT2D eigenvalue weighted by Gasteiger charge is 2.38. The first-order chi connectivity index (χ1) is 8.95. The van der Waals surface area contributed by atoms with Gasteiger partial charge in [0, 0.05) is 18.6 Å². The molecule has 0 aromatic heterocycles. The molecule has 19 heavy (non-hydrogen) atoms. The number of hydrogen-bond acceptors (Lipinski definition) is 2. The molecule has 0 amide bonds. The van der Waals surface area contributed by atoms with Gasteiger partial charge in [0.1, 0.15) is 0 Å². The van der Waals surface area contributed by atoms with Crippen molar-refractivity contribution in [1.29, 1.82) is 0 Å². The van der Waals surface area contributed by atoms with E-state index in [4.69, 9.17) is 5.73 Å². The third kappa shape index (κ3) is 3.58. The molecule has 0 saturated carbocycles. The van der Waals surface area contributed by atoms with Crippen LogP contribution >= 0.6 is 0 Å². The lowest BCUT2D eigenvalue weighted by molar-refractivity contribution is 0.119. The monoisotopic (exact) mass is 260 g/mol. The summed E-state index contributed by atoms with van der Waals surface area (Å²) in [5.41, 5.74) is 8.11. The summed E-state index contributed by atoms with van der Waals surface area (Å²) in [5, 5.41) is 0. The Labute approximate surface area is 118 Å². The summed E-state index contributed by atoms with van der Waals surface area (Å²) in [5.74, 6) is 0. The number of benzene rings is 1. The van der Waals surface area contributed by atoms with E-state index in [1.807, 2.05) is 0 Å². The van der Waals surface area contributed by atoms with E-state index in [1.165, 1.54) is 25.1 Å². The molecule has 2 rings (SSSR count). The highest BCUT2D eigenvalue weighted by Crippen LogP contribution is 2.34. The molecule has 1 aromatic carbocycles. The normalized spacial score (nSPS) is 22.3. The Morgan fingerprint density at radius 3 is 2.47 bits per heavy atom. The summed E-state index contributed by atoms with van der Waals surface area (Å²) >= 11 is 0. The molecule has 1 atom stereocenters. The van der Waals surface area contributed by atoms with E-state index in [1.54, 1.807) is 0 Å². The van der Waals surface area contributed by atoms with Gasteiger partial charge in [0.05, 0.1) is 0 Å². The second-order valence-electron chi connectivity index (χ2n) is 7.02. The zero-order valence-corrected chi connectivity index (χ0v) is 12.7. The standard InChI is InChI=1S/C17H28N2/c1-16(2)11-12-19(14-16)17(3,13-18)10-9-15-7-5-4-6-8-15/h4-8H,9-14,18H2,1-3H3. The lowest BCUT2D eigenvalue weighted by Gasteiger charge is -2.39. The Bertz CT molecular complexity index is 399. The molecule has 2 N–H and O–H groups in total. The lowest BCUT2D eigenvalue weighted by atomic mass is 9.90. The number of aryl methyl sites for hydroxylation is 1. The summed E-state index contributed by atoms with van der Waals surface area (Å²) in [6.07, 6.45) is 3.54. The SMILES string of the molecule is CC1(C)CCN(C(C)(CN)CCc2ccccc2)C1. The third-order valence-electron chi connectivity index (χ3n) is 4.68. The smallest absolute Gasteiger partial charge is 0.0307 e. The Kier molecular flexibility index (Phi) is 4.32. The molecular formula is C17H28N2. The van der Waals surface area contributed by atoms with Crippen LogP contribution in [0.3, 0.4) is 0 Å². The molecule has 1 fully saturated rings. The topological polar surface area (TPSA) is 29.3 Å². The van der Waals surface area contributed by atoms with E-state index >= 15 is 0 Å². The Morgan fingerprint density at radius 1 is 1.26 bits per heavy atom. The number of likely N-dealkylation sites (tertiary alicyclic amines) is 1. The first-order valence-corrected chi connectivity index (χ1v) is 7.44. The maximum Gasteiger partial charge on any atom is 0.0307 e. The van der Waals surface area contributed by atoms with Gasteiger partial charge < -0.3 is 5.73 Å². The average Bonchev–Trinajstić information content (AvgIpc) is 2.78. The Hall–Kier alpha value is -0.860. The highest BCUT2D eigenvalue weighted by molar-refractivity contribution is 5.15. The van der Waals surface area contributed by atoms with Crippen molar-refractivity contribution in [2.75, 3.05) is 19.6 Å². The molecule has 1 aliphatic heterocycles. The highest BCUT2D eigenvalue weighted by atomic mass is 15.2. The van der Waals surface area contributed by atoms with Gasteiger partial charge >= 0.3 is 0 Å². The van der Waals surface area contributed by atoms with Crippen LogP contribution in [-0.2, 0) is 6.42 Å². The van der Waals surface area contributed by atoms with Gasteiger partial charge in [-0.15, -0.1) is 0 Å². The predicted molar refractivity (Wildman–Crippen MR) is 82.2 cm³/mol. The largest absolute Gasteiger partial charge is 0.329 e. The summed E-state index contributed by atoms with van der Waals surface area (Å²) < 4.78 is 0. The van der Waals surface area contributed by atoms with Crippen molar-refractivity contribution < 1.29 is 0 Å². The van der Waals surface area contributed by atoms with Crippen LogP contribution < -0.4 is 5.73 Å². The number of rotatable bonds is 5. The van der Waals surface area contributed by atoms with Crippen molar-refractivity contribution in [2.24, 2.45) is 11.1 Å². The van der Waals surface area contributed by atoms with Crippen LogP contribution in [0.25, 0.3) is 0 Å². The van der Waals surface area contributed by atoms with Gasteiger partial charge in [0.15, 0.2) is 0 Å². The molecule has 0 bridgehead atoms. The van der Waals surface area contributed by atoms with Gasteiger partial charge in [0.2, 0.25) is 0 Å². The van der Waals surface area contributed by atoms with Crippen molar-refractivity contribution >= 4 is 0 Å². The molecule has 1 aromatic rings. The molecule has 1 saturated heterocycles. The van der Waals surface area contributed by atoms with Crippen molar-refractivity contribution in [3.63, 3.8) is 0 Å². The van der Waals surface area contributed by atoms with Gasteiger partial charge in [-0.05, 0) is 43.7 Å². The minimum Gasteiger partial charge on any atom is -0.329 e.